The Labute approximate surface area is 180 Å². The van der Waals surface area contributed by atoms with Gasteiger partial charge in [0.15, 0.2) is 0 Å². The van der Waals surface area contributed by atoms with Crippen LogP contribution in [0.15, 0.2) is 96.2 Å². The van der Waals surface area contributed by atoms with E-state index in [0.29, 0.717) is 28.2 Å². The molecule has 6 nitrogen and oxygen atoms in total. The first-order valence-electron chi connectivity index (χ1n) is 9.81. The first-order chi connectivity index (χ1) is 15.1. The first-order valence-corrected chi connectivity index (χ1v) is 9.81. The summed E-state index contributed by atoms with van der Waals surface area (Å²) < 4.78 is 0. The molecule has 0 saturated heterocycles. The van der Waals surface area contributed by atoms with Gasteiger partial charge in [-0.15, -0.1) is 0 Å². The lowest BCUT2D eigenvalue weighted by Gasteiger charge is -2.35. The van der Waals surface area contributed by atoms with Crippen LogP contribution in [-0.4, -0.2) is 11.9 Å². The predicted octanol–water partition coefficient (Wildman–Crippen LogP) is 4.74. The number of hydrogen-bond donors (Lipinski definition) is 2. The fourth-order valence-electron chi connectivity index (χ4n) is 3.65. The molecule has 152 valence electrons. The molecule has 1 unspecified atom stereocenters. The Bertz CT molecular complexity index is 1180. The zero-order valence-electron chi connectivity index (χ0n) is 16.9. The van der Waals surface area contributed by atoms with Crippen molar-refractivity contribution >= 4 is 23.3 Å². The molecule has 1 aliphatic heterocycles. The minimum Gasteiger partial charge on any atom is -0.326 e. The van der Waals surface area contributed by atoms with Crippen molar-refractivity contribution < 1.29 is 9.59 Å². The van der Waals surface area contributed by atoms with Crippen LogP contribution in [0.3, 0.4) is 0 Å². The largest absolute Gasteiger partial charge is 0.326 e. The number of allylic oxidation sites excluding steroid dienone is 1. The topological polar surface area (TPSA) is 85.2 Å². The average molecular weight is 408 g/mol. The maximum Gasteiger partial charge on any atom is 0.326 e. The van der Waals surface area contributed by atoms with E-state index in [2.05, 4.69) is 16.7 Å². The molecule has 0 aliphatic carbocycles. The second-order valence-electron chi connectivity index (χ2n) is 7.11. The van der Waals surface area contributed by atoms with Crippen LogP contribution in [-0.2, 0) is 4.79 Å². The van der Waals surface area contributed by atoms with Gasteiger partial charge in [0.05, 0.1) is 28.9 Å². The fourth-order valence-corrected chi connectivity index (χ4v) is 3.65. The number of rotatable bonds is 4. The van der Waals surface area contributed by atoms with Gasteiger partial charge in [0, 0.05) is 11.4 Å². The minimum absolute atomic E-state index is 0.306. The van der Waals surface area contributed by atoms with Crippen LogP contribution in [0, 0.1) is 11.3 Å². The Morgan fingerprint density at radius 2 is 1.58 bits per heavy atom. The number of anilines is 2. The second-order valence-corrected chi connectivity index (χ2v) is 7.11. The van der Waals surface area contributed by atoms with Crippen molar-refractivity contribution in [1.29, 1.82) is 5.26 Å². The van der Waals surface area contributed by atoms with Crippen LogP contribution in [0.5, 0.6) is 0 Å². The number of urea groups is 1. The molecule has 3 aromatic carbocycles. The third-order valence-electron chi connectivity index (χ3n) is 5.15. The van der Waals surface area contributed by atoms with E-state index in [9.17, 15) is 9.59 Å². The number of nitrogens with zero attached hydrogens (tertiary/aromatic N) is 2. The SMILES string of the molecule is CC1=C(C(=O)Nc2ccccc2)C(c2ccc(C#N)cc2)NC(=O)N1c1ccccc1. The van der Waals surface area contributed by atoms with Gasteiger partial charge in [-0.05, 0) is 48.9 Å². The zero-order valence-corrected chi connectivity index (χ0v) is 16.9. The molecule has 31 heavy (non-hydrogen) atoms. The Hall–Kier alpha value is -4.37. The van der Waals surface area contributed by atoms with Gasteiger partial charge in [-0.25, -0.2) is 4.79 Å². The molecule has 3 aromatic rings. The molecule has 3 amide bonds. The quantitative estimate of drug-likeness (QED) is 0.654. The lowest BCUT2D eigenvalue weighted by molar-refractivity contribution is -0.113. The molecule has 1 atom stereocenters. The van der Waals surface area contributed by atoms with Crippen molar-refractivity contribution in [2.24, 2.45) is 0 Å². The average Bonchev–Trinajstić information content (AvgIpc) is 2.80. The van der Waals surface area contributed by atoms with Crippen molar-refractivity contribution in [3.8, 4) is 6.07 Å². The number of amides is 3. The third-order valence-corrected chi connectivity index (χ3v) is 5.15. The van der Waals surface area contributed by atoms with Gasteiger partial charge < -0.3 is 10.6 Å². The molecular formula is C25H20N4O2. The fraction of sp³-hybridized carbons (Fsp3) is 0.0800. The molecule has 6 heteroatoms. The van der Waals surface area contributed by atoms with E-state index in [1.54, 1.807) is 43.3 Å². The monoisotopic (exact) mass is 408 g/mol. The lowest BCUT2D eigenvalue weighted by Crippen LogP contribution is -2.48. The Morgan fingerprint density at radius 1 is 0.968 bits per heavy atom. The van der Waals surface area contributed by atoms with E-state index in [-0.39, 0.29) is 11.9 Å². The van der Waals surface area contributed by atoms with Gasteiger partial charge in [0.2, 0.25) is 0 Å². The molecule has 0 fully saturated rings. The summed E-state index contributed by atoms with van der Waals surface area (Å²) in [5, 5.41) is 15.0. The lowest BCUT2D eigenvalue weighted by atomic mass is 9.93. The Balaban J connectivity index is 1.80. The Morgan fingerprint density at radius 3 is 2.19 bits per heavy atom. The first kappa shape index (κ1) is 19.9. The highest BCUT2D eigenvalue weighted by molar-refractivity contribution is 6.09. The van der Waals surface area contributed by atoms with Crippen molar-refractivity contribution in [2.75, 3.05) is 10.2 Å². The predicted molar refractivity (Wildman–Crippen MR) is 119 cm³/mol. The van der Waals surface area contributed by atoms with Crippen molar-refractivity contribution in [1.82, 2.24) is 5.32 Å². The highest BCUT2D eigenvalue weighted by atomic mass is 16.2. The maximum absolute atomic E-state index is 13.4. The van der Waals surface area contributed by atoms with E-state index in [1.807, 2.05) is 48.5 Å². The minimum atomic E-state index is -0.649. The van der Waals surface area contributed by atoms with Crippen molar-refractivity contribution in [3.63, 3.8) is 0 Å². The standard InChI is InChI=1S/C25H20N4O2/c1-17-22(24(30)27-20-8-4-2-5-9-20)23(19-14-12-18(16-26)13-15-19)28-25(31)29(17)21-10-6-3-7-11-21/h2-15,23H,1H3,(H,27,30)(H,28,31). The van der Waals surface area contributed by atoms with Gasteiger partial charge in [-0.2, -0.15) is 5.26 Å². The molecule has 4 rings (SSSR count). The molecular weight excluding hydrogens is 388 g/mol. The summed E-state index contributed by atoms with van der Waals surface area (Å²) in [5.74, 6) is -0.306. The normalized spacial score (nSPS) is 15.8. The number of nitrogens with one attached hydrogen (secondary N) is 2. The smallest absolute Gasteiger partial charge is 0.326 e. The van der Waals surface area contributed by atoms with Crippen LogP contribution in [0.4, 0.5) is 16.2 Å². The van der Waals surface area contributed by atoms with E-state index in [0.717, 1.165) is 5.56 Å². The van der Waals surface area contributed by atoms with Crippen LogP contribution in [0.2, 0.25) is 0 Å². The van der Waals surface area contributed by atoms with Crippen LogP contribution in [0.25, 0.3) is 0 Å². The highest BCUT2D eigenvalue weighted by Gasteiger charge is 2.36. The van der Waals surface area contributed by atoms with E-state index < -0.39 is 6.04 Å². The van der Waals surface area contributed by atoms with Crippen molar-refractivity contribution in [3.05, 3.63) is 107 Å². The molecule has 0 bridgehead atoms. The van der Waals surface area contributed by atoms with Gasteiger partial charge in [-0.3, -0.25) is 9.69 Å². The molecule has 0 aromatic heterocycles. The molecule has 0 spiro atoms. The van der Waals surface area contributed by atoms with Crippen LogP contribution in [0.1, 0.15) is 24.1 Å². The zero-order chi connectivity index (χ0) is 21.8. The highest BCUT2D eigenvalue weighted by Crippen LogP contribution is 2.34. The summed E-state index contributed by atoms with van der Waals surface area (Å²) in [4.78, 5) is 27.9. The van der Waals surface area contributed by atoms with E-state index in [4.69, 9.17) is 5.26 Å². The van der Waals surface area contributed by atoms with E-state index >= 15 is 0 Å². The molecule has 1 aliphatic rings. The summed E-state index contributed by atoms with van der Waals surface area (Å²) >= 11 is 0. The Kier molecular flexibility index (Phi) is 5.50. The summed E-state index contributed by atoms with van der Waals surface area (Å²) in [6, 6.07) is 26.3. The molecule has 0 saturated carbocycles. The number of carbonyl (C=O) groups is 2. The van der Waals surface area contributed by atoms with Crippen molar-refractivity contribution in [2.45, 2.75) is 13.0 Å². The molecule has 2 N–H and O–H groups in total. The van der Waals surface area contributed by atoms with Crippen LogP contribution >= 0.6 is 0 Å². The van der Waals surface area contributed by atoms with E-state index in [1.165, 1.54) is 4.90 Å². The van der Waals surface area contributed by atoms with Gasteiger partial charge in [0.1, 0.15) is 0 Å². The number of hydrogen-bond acceptors (Lipinski definition) is 3. The molecule has 0 radical (unpaired) electrons. The summed E-state index contributed by atoms with van der Waals surface area (Å²) in [7, 11) is 0. The second kappa shape index (κ2) is 8.56. The summed E-state index contributed by atoms with van der Waals surface area (Å²) in [5.41, 5.74) is 3.52. The third kappa shape index (κ3) is 4.02. The van der Waals surface area contributed by atoms with Gasteiger partial charge in [0.25, 0.3) is 5.91 Å². The number of carbonyl (C=O) groups excluding carboxylic acids is 2. The van der Waals surface area contributed by atoms with Gasteiger partial charge >= 0.3 is 6.03 Å². The summed E-state index contributed by atoms with van der Waals surface area (Å²) in [6.07, 6.45) is 0. The molecule has 1 heterocycles. The van der Waals surface area contributed by atoms with Crippen LogP contribution < -0.4 is 15.5 Å². The number of para-hydroxylation sites is 2. The number of nitriles is 1. The maximum atomic E-state index is 13.4. The summed E-state index contributed by atoms with van der Waals surface area (Å²) in [6.45, 7) is 1.77. The van der Waals surface area contributed by atoms with Gasteiger partial charge in [-0.1, -0.05) is 48.5 Å². The number of benzene rings is 3.